The molecular formula is C14H19FN2O. The van der Waals surface area contributed by atoms with E-state index in [1.807, 2.05) is 0 Å². The summed E-state index contributed by atoms with van der Waals surface area (Å²) in [6.45, 7) is 1.65. The molecule has 0 heterocycles. The lowest BCUT2D eigenvalue weighted by molar-refractivity contribution is 0.0921. The lowest BCUT2D eigenvalue weighted by Crippen LogP contribution is -2.49. The van der Waals surface area contributed by atoms with Gasteiger partial charge in [0.05, 0.1) is 0 Å². The molecule has 0 aliphatic heterocycles. The number of carbonyl (C=O) groups is 1. The quantitative estimate of drug-likeness (QED) is 0.845. The molecule has 0 saturated heterocycles. The molecule has 1 fully saturated rings. The molecular weight excluding hydrogens is 231 g/mol. The van der Waals surface area contributed by atoms with Crippen LogP contribution in [-0.2, 0) is 0 Å². The number of aryl methyl sites for hydroxylation is 1. The maximum Gasteiger partial charge on any atom is 0.251 e. The summed E-state index contributed by atoms with van der Waals surface area (Å²) in [4.78, 5) is 12.0. The summed E-state index contributed by atoms with van der Waals surface area (Å²) in [5.41, 5.74) is 6.96. The standard InChI is InChI=1S/C14H19FN2O/c1-9-8-10(6-7-11(9)15)14(18)17-13-5-3-2-4-12(13)16/h6-8,12-13H,2-5,16H2,1H3,(H,17,18). The Bertz CT molecular complexity index is 447. The van der Waals surface area contributed by atoms with Crippen LogP contribution >= 0.6 is 0 Å². The average molecular weight is 250 g/mol. The van der Waals surface area contributed by atoms with Gasteiger partial charge >= 0.3 is 0 Å². The number of hydrogen-bond acceptors (Lipinski definition) is 2. The molecule has 0 radical (unpaired) electrons. The molecule has 1 saturated carbocycles. The number of carbonyl (C=O) groups excluding carboxylic acids is 1. The Morgan fingerprint density at radius 2 is 2.11 bits per heavy atom. The average Bonchev–Trinajstić information content (AvgIpc) is 2.35. The molecule has 0 spiro atoms. The van der Waals surface area contributed by atoms with Crippen LogP contribution in [-0.4, -0.2) is 18.0 Å². The van der Waals surface area contributed by atoms with Crippen molar-refractivity contribution in [3.05, 3.63) is 35.1 Å². The van der Waals surface area contributed by atoms with Gasteiger partial charge in [-0.15, -0.1) is 0 Å². The van der Waals surface area contributed by atoms with E-state index in [2.05, 4.69) is 5.32 Å². The molecule has 4 heteroatoms. The smallest absolute Gasteiger partial charge is 0.251 e. The van der Waals surface area contributed by atoms with Crippen LogP contribution in [0, 0.1) is 12.7 Å². The van der Waals surface area contributed by atoms with E-state index in [9.17, 15) is 9.18 Å². The van der Waals surface area contributed by atoms with Gasteiger partial charge in [0.1, 0.15) is 5.82 Å². The molecule has 1 amide bonds. The SMILES string of the molecule is Cc1cc(C(=O)NC2CCCCC2N)ccc1F. The number of rotatable bonds is 2. The molecule has 2 rings (SSSR count). The molecule has 98 valence electrons. The first-order chi connectivity index (χ1) is 8.58. The number of amides is 1. The predicted octanol–water partition coefficient (Wildman–Crippen LogP) is 2.13. The summed E-state index contributed by atoms with van der Waals surface area (Å²) in [5, 5.41) is 2.95. The van der Waals surface area contributed by atoms with Crippen molar-refractivity contribution >= 4 is 5.91 Å². The zero-order valence-corrected chi connectivity index (χ0v) is 10.6. The first-order valence-corrected chi connectivity index (χ1v) is 6.40. The molecule has 0 bridgehead atoms. The fraction of sp³-hybridized carbons (Fsp3) is 0.500. The third-order valence-corrected chi connectivity index (χ3v) is 3.56. The Morgan fingerprint density at radius 1 is 1.39 bits per heavy atom. The van der Waals surface area contributed by atoms with Crippen molar-refractivity contribution < 1.29 is 9.18 Å². The van der Waals surface area contributed by atoms with Gasteiger partial charge in [-0.05, 0) is 43.5 Å². The monoisotopic (exact) mass is 250 g/mol. The van der Waals surface area contributed by atoms with Gasteiger partial charge in [0, 0.05) is 17.6 Å². The lowest BCUT2D eigenvalue weighted by atomic mass is 9.91. The van der Waals surface area contributed by atoms with E-state index in [-0.39, 0.29) is 23.8 Å². The van der Waals surface area contributed by atoms with Crippen LogP contribution in [0.25, 0.3) is 0 Å². The fourth-order valence-corrected chi connectivity index (χ4v) is 2.38. The van der Waals surface area contributed by atoms with E-state index in [4.69, 9.17) is 5.73 Å². The molecule has 18 heavy (non-hydrogen) atoms. The zero-order chi connectivity index (χ0) is 13.1. The van der Waals surface area contributed by atoms with Gasteiger partial charge < -0.3 is 11.1 Å². The summed E-state index contributed by atoms with van der Waals surface area (Å²) in [6.07, 6.45) is 4.10. The van der Waals surface area contributed by atoms with Gasteiger partial charge in [-0.1, -0.05) is 12.8 Å². The molecule has 2 unspecified atom stereocenters. The number of benzene rings is 1. The highest BCUT2D eigenvalue weighted by molar-refractivity contribution is 5.94. The minimum absolute atomic E-state index is 0.0317. The summed E-state index contributed by atoms with van der Waals surface area (Å²) < 4.78 is 13.1. The Labute approximate surface area is 107 Å². The fourth-order valence-electron chi connectivity index (χ4n) is 2.38. The van der Waals surface area contributed by atoms with Gasteiger partial charge in [0.15, 0.2) is 0 Å². The summed E-state index contributed by atoms with van der Waals surface area (Å²) >= 11 is 0. The normalized spacial score (nSPS) is 23.7. The van der Waals surface area contributed by atoms with Crippen molar-refractivity contribution in [2.24, 2.45) is 5.73 Å². The highest BCUT2D eigenvalue weighted by Crippen LogP contribution is 2.17. The Morgan fingerprint density at radius 3 is 2.78 bits per heavy atom. The van der Waals surface area contributed by atoms with Crippen molar-refractivity contribution in [1.29, 1.82) is 0 Å². The molecule has 0 aromatic heterocycles. The Hall–Kier alpha value is -1.42. The second-order valence-electron chi connectivity index (χ2n) is 4.99. The molecule has 3 N–H and O–H groups in total. The van der Waals surface area contributed by atoms with Crippen LogP contribution in [0.4, 0.5) is 4.39 Å². The van der Waals surface area contributed by atoms with Crippen LogP contribution in [0.2, 0.25) is 0 Å². The summed E-state index contributed by atoms with van der Waals surface area (Å²) in [5.74, 6) is -0.457. The van der Waals surface area contributed by atoms with E-state index in [1.165, 1.54) is 12.1 Å². The van der Waals surface area contributed by atoms with E-state index in [0.29, 0.717) is 11.1 Å². The van der Waals surface area contributed by atoms with Crippen LogP contribution in [0.1, 0.15) is 41.6 Å². The number of nitrogens with two attached hydrogens (primary N) is 1. The van der Waals surface area contributed by atoms with Crippen LogP contribution in [0.5, 0.6) is 0 Å². The van der Waals surface area contributed by atoms with E-state index >= 15 is 0 Å². The third kappa shape index (κ3) is 2.88. The largest absolute Gasteiger partial charge is 0.348 e. The van der Waals surface area contributed by atoms with E-state index in [0.717, 1.165) is 25.7 Å². The molecule has 3 nitrogen and oxygen atoms in total. The van der Waals surface area contributed by atoms with Crippen molar-refractivity contribution in [1.82, 2.24) is 5.32 Å². The Balaban J connectivity index is 2.04. The van der Waals surface area contributed by atoms with Crippen molar-refractivity contribution in [2.75, 3.05) is 0 Å². The second kappa shape index (κ2) is 5.48. The van der Waals surface area contributed by atoms with Crippen molar-refractivity contribution in [3.63, 3.8) is 0 Å². The van der Waals surface area contributed by atoms with Gasteiger partial charge in [-0.3, -0.25) is 4.79 Å². The van der Waals surface area contributed by atoms with Gasteiger partial charge in [-0.2, -0.15) is 0 Å². The lowest BCUT2D eigenvalue weighted by Gasteiger charge is -2.29. The highest BCUT2D eigenvalue weighted by atomic mass is 19.1. The topological polar surface area (TPSA) is 55.1 Å². The molecule has 1 aromatic carbocycles. The van der Waals surface area contributed by atoms with Crippen LogP contribution in [0.15, 0.2) is 18.2 Å². The zero-order valence-electron chi connectivity index (χ0n) is 10.6. The van der Waals surface area contributed by atoms with E-state index < -0.39 is 0 Å². The first kappa shape index (κ1) is 13.0. The maximum atomic E-state index is 13.1. The second-order valence-corrected chi connectivity index (χ2v) is 4.99. The molecule has 1 aliphatic rings. The van der Waals surface area contributed by atoms with Gasteiger partial charge in [0.2, 0.25) is 0 Å². The molecule has 1 aliphatic carbocycles. The van der Waals surface area contributed by atoms with Crippen molar-refractivity contribution in [2.45, 2.75) is 44.7 Å². The Kier molecular flexibility index (Phi) is 3.97. The highest BCUT2D eigenvalue weighted by Gasteiger charge is 2.23. The van der Waals surface area contributed by atoms with Crippen molar-refractivity contribution in [3.8, 4) is 0 Å². The minimum Gasteiger partial charge on any atom is -0.348 e. The maximum absolute atomic E-state index is 13.1. The summed E-state index contributed by atoms with van der Waals surface area (Å²) in [6, 6.07) is 4.47. The van der Waals surface area contributed by atoms with Gasteiger partial charge in [0.25, 0.3) is 5.91 Å². The number of halogens is 1. The molecule has 2 atom stereocenters. The van der Waals surface area contributed by atoms with Crippen LogP contribution < -0.4 is 11.1 Å². The third-order valence-electron chi connectivity index (χ3n) is 3.56. The summed E-state index contributed by atoms with van der Waals surface area (Å²) in [7, 11) is 0. The van der Waals surface area contributed by atoms with Gasteiger partial charge in [-0.25, -0.2) is 4.39 Å². The predicted molar refractivity (Wildman–Crippen MR) is 68.8 cm³/mol. The minimum atomic E-state index is -0.291. The number of nitrogens with one attached hydrogen (secondary N) is 1. The molecule has 1 aromatic rings. The number of hydrogen-bond donors (Lipinski definition) is 2. The first-order valence-electron chi connectivity index (χ1n) is 6.40. The van der Waals surface area contributed by atoms with Crippen LogP contribution in [0.3, 0.4) is 0 Å². The van der Waals surface area contributed by atoms with E-state index in [1.54, 1.807) is 13.0 Å².